The van der Waals surface area contributed by atoms with E-state index < -0.39 is 0 Å². The Kier molecular flexibility index (Phi) is 4.02. The molecule has 1 heterocycles. The molecule has 0 aliphatic heterocycles. The van der Waals surface area contributed by atoms with Gasteiger partial charge in [-0.2, -0.15) is 0 Å². The number of rotatable bonds is 4. The van der Waals surface area contributed by atoms with Crippen LogP contribution in [0.5, 0.6) is 0 Å². The van der Waals surface area contributed by atoms with Crippen molar-refractivity contribution in [3.05, 3.63) is 46.6 Å². The Morgan fingerprint density at radius 3 is 2.82 bits per heavy atom. The Morgan fingerprint density at radius 2 is 2.12 bits per heavy atom. The van der Waals surface area contributed by atoms with Gasteiger partial charge in [0.2, 0.25) is 0 Å². The predicted molar refractivity (Wildman–Crippen MR) is 73.9 cm³/mol. The van der Waals surface area contributed by atoms with Gasteiger partial charge < -0.3 is 9.73 Å². The fourth-order valence-corrected chi connectivity index (χ4v) is 2.19. The van der Waals surface area contributed by atoms with Crippen molar-refractivity contribution in [1.82, 2.24) is 5.32 Å². The molecule has 1 unspecified atom stereocenters. The first kappa shape index (κ1) is 12.4. The summed E-state index contributed by atoms with van der Waals surface area (Å²) in [5.41, 5.74) is 1.09. The molecule has 1 atom stereocenters. The molecule has 90 valence electrons. The molecular weight excluding hydrogens is 278 g/mol. The molecule has 0 spiro atoms. The van der Waals surface area contributed by atoms with E-state index in [0.717, 1.165) is 28.1 Å². The maximum Gasteiger partial charge on any atom is 0.134 e. The van der Waals surface area contributed by atoms with Crippen molar-refractivity contribution in [2.24, 2.45) is 0 Å². The third kappa shape index (κ3) is 2.99. The molecule has 1 aromatic carbocycles. The highest BCUT2D eigenvalue weighted by Crippen LogP contribution is 2.27. The molecule has 0 saturated heterocycles. The van der Waals surface area contributed by atoms with E-state index in [2.05, 4.69) is 41.2 Å². The fourth-order valence-electron chi connectivity index (χ4n) is 1.79. The zero-order chi connectivity index (χ0) is 12.3. The van der Waals surface area contributed by atoms with Gasteiger partial charge in [0.1, 0.15) is 11.5 Å². The molecular formula is C14H16BrNO. The summed E-state index contributed by atoms with van der Waals surface area (Å²) in [5, 5.41) is 3.33. The normalized spacial score (nSPS) is 12.6. The molecule has 17 heavy (non-hydrogen) atoms. The van der Waals surface area contributed by atoms with Gasteiger partial charge in [-0.05, 0) is 37.7 Å². The molecule has 0 saturated carbocycles. The summed E-state index contributed by atoms with van der Waals surface area (Å²) < 4.78 is 6.92. The summed E-state index contributed by atoms with van der Waals surface area (Å²) in [6.07, 6.45) is 0. The molecule has 0 amide bonds. The zero-order valence-electron chi connectivity index (χ0n) is 10.0. The first-order valence-corrected chi connectivity index (χ1v) is 6.59. The Morgan fingerprint density at radius 1 is 1.29 bits per heavy atom. The minimum atomic E-state index is 0.251. The van der Waals surface area contributed by atoms with Crippen molar-refractivity contribution in [2.45, 2.75) is 19.9 Å². The van der Waals surface area contributed by atoms with Crippen LogP contribution in [0.15, 0.2) is 45.3 Å². The maximum atomic E-state index is 5.86. The van der Waals surface area contributed by atoms with E-state index in [1.165, 1.54) is 0 Å². The summed E-state index contributed by atoms with van der Waals surface area (Å²) in [4.78, 5) is 0. The first-order valence-electron chi connectivity index (χ1n) is 5.79. The third-order valence-corrected chi connectivity index (χ3v) is 3.17. The standard InChI is InChI=1S/C14H16BrNO/c1-3-16-10(2)13-7-8-14(17-13)11-5-4-6-12(15)9-11/h4-10,16H,3H2,1-2H3. The predicted octanol–water partition coefficient (Wildman–Crippen LogP) is 4.38. The minimum Gasteiger partial charge on any atom is -0.459 e. The van der Waals surface area contributed by atoms with Gasteiger partial charge in [-0.1, -0.05) is 35.0 Å². The summed E-state index contributed by atoms with van der Waals surface area (Å²) in [7, 11) is 0. The molecule has 1 N–H and O–H groups in total. The van der Waals surface area contributed by atoms with Gasteiger partial charge in [0.05, 0.1) is 6.04 Å². The lowest BCUT2D eigenvalue weighted by Gasteiger charge is -2.08. The second-order valence-electron chi connectivity index (χ2n) is 3.99. The third-order valence-electron chi connectivity index (χ3n) is 2.67. The number of furan rings is 1. The van der Waals surface area contributed by atoms with Crippen LogP contribution in [-0.2, 0) is 0 Å². The van der Waals surface area contributed by atoms with Crippen LogP contribution in [0.2, 0.25) is 0 Å². The molecule has 0 radical (unpaired) electrons. The lowest BCUT2D eigenvalue weighted by atomic mass is 10.2. The van der Waals surface area contributed by atoms with Crippen molar-refractivity contribution in [3.63, 3.8) is 0 Å². The molecule has 0 fully saturated rings. The second kappa shape index (κ2) is 5.52. The van der Waals surface area contributed by atoms with Crippen LogP contribution in [0.25, 0.3) is 11.3 Å². The molecule has 0 bridgehead atoms. The average Bonchev–Trinajstić information content (AvgIpc) is 2.78. The average molecular weight is 294 g/mol. The van der Waals surface area contributed by atoms with Crippen molar-refractivity contribution < 1.29 is 4.42 Å². The summed E-state index contributed by atoms with van der Waals surface area (Å²) in [6, 6.07) is 12.4. The molecule has 1 aromatic heterocycles. The van der Waals surface area contributed by atoms with Gasteiger partial charge in [-0.3, -0.25) is 0 Å². The van der Waals surface area contributed by atoms with Crippen molar-refractivity contribution >= 4 is 15.9 Å². The topological polar surface area (TPSA) is 25.2 Å². The molecule has 2 aromatic rings. The first-order chi connectivity index (χ1) is 8.20. The van der Waals surface area contributed by atoms with Gasteiger partial charge >= 0.3 is 0 Å². The molecule has 0 aliphatic carbocycles. The second-order valence-corrected chi connectivity index (χ2v) is 4.91. The quantitative estimate of drug-likeness (QED) is 0.905. The number of benzene rings is 1. The van der Waals surface area contributed by atoms with Crippen LogP contribution < -0.4 is 5.32 Å². The van der Waals surface area contributed by atoms with Crippen molar-refractivity contribution in [2.75, 3.05) is 6.54 Å². The molecule has 3 heteroatoms. The molecule has 0 aliphatic rings. The van der Waals surface area contributed by atoms with E-state index >= 15 is 0 Å². The smallest absolute Gasteiger partial charge is 0.134 e. The van der Waals surface area contributed by atoms with Crippen molar-refractivity contribution in [3.8, 4) is 11.3 Å². The molecule has 2 rings (SSSR count). The van der Waals surface area contributed by atoms with E-state index in [4.69, 9.17) is 4.42 Å². The van der Waals surface area contributed by atoms with E-state index in [-0.39, 0.29) is 6.04 Å². The number of halogens is 1. The van der Waals surface area contributed by atoms with Gasteiger partial charge in [-0.25, -0.2) is 0 Å². The van der Waals surface area contributed by atoms with E-state index in [9.17, 15) is 0 Å². The van der Waals surface area contributed by atoms with Crippen LogP contribution in [0.1, 0.15) is 25.6 Å². The lowest BCUT2D eigenvalue weighted by Crippen LogP contribution is -2.16. The maximum absolute atomic E-state index is 5.86. The summed E-state index contributed by atoms with van der Waals surface area (Å²) in [5.74, 6) is 1.88. The van der Waals surface area contributed by atoms with Crippen LogP contribution >= 0.6 is 15.9 Å². The Balaban J connectivity index is 2.23. The zero-order valence-corrected chi connectivity index (χ0v) is 11.6. The SMILES string of the molecule is CCNC(C)c1ccc(-c2cccc(Br)c2)o1. The number of hydrogen-bond donors (Lipinski definition) is 1. The summed E-state index contributed by atoms with van der Waals surface area (Å²) in [6.45, 7) is 5.13. The largest absolute Gasteiger partial charge is 0.459 e. The minimum absolute atomic E-state index is 0.251. The van der Waals surface area contributed by atoms with Gasteiger partial charge in [0, 0.05) is 10.0 Å². The Labute approximate surface area is 110 Å². The van der Waals surface area contributed by atoms with Gasteiger partial charge in [0.25, 0.3) is 0 Å². The number of nitrogens with one attached hydrogen (secondary N) is 1. The van der Waals surface area contributed by atoms with Crippen molar-refractivity contribution in [1.29, 1.82) is 0 Å². The van der Waals surface area contributed by atoms with Crippen LogP contribution in [0.3, 0.4) is 0 Å². The van der Waals surface area contributed by atoms with Crippen LogP contribution in [0.4, 0.5) is 0 Å². The summed E-state index contributed by atoms with van der Waals surface area (Å²) >= 11 is 3.47. The number of hydrogen-bond acceptors (Lipinski definition) is 2. The van der Waals surface area contributed by atoms with Crippen LogP contribution in [0, 0.1) is 0 Å². The van der Waals surface area contributed by atoms with E-state index in [1.807, 2.05) is 30.3 Å². The lowest BCUT2D eigenvalue weighted by molar-refractivity contribution is 0.445. The molecule has 2 nitrogen and oxygen atoms in total. The van der Waals surface area contributed by atoms with Gasteiger partial charge in [0.15, 0.2) is 0 Å². The Hall–Kier alpha value is -1.06. The van der Waals surface area contributed by atoms with E-state index in [1.54, 1.807) is 0 Å². The Bertz CT molecular complexity index is 492. The fraction of sp³-hybridized carbons (Fsp3) is 0.286. The monoisotopic (exact) mass is 293 g/mol. The van der Waals surface area contributed by atoms with Gasteiger partial charge in [-0.15, -0.1) is 0 Å². The van der Waals surface area contributed by atoms with E-state index in [0.29, 0.717) is 0 Å². The van der Waals surface area contributed by atoms with Crippen LogP contribution in [-0.4, -0.2) is 6.54 Å². The highest BCUT2D eigenvalue weighted by atomic mass is 79.9. The highest BCUT2D eigenvalue weighted by molar-refractivity contribution is 9.10. The highest BCUT2D eigenvalue weighted by Gasteiger charge is 2.10.